The first kappa shape index (κ1) is 17.6. The number of rotatable bonds is 4. The molecule has 2 aromatic carbocycles. The normalized spacial score (nSPS) is 19.0. The van der Waals surface area contributed by atoms with E-state index in [0.717, 1.165) is 9.87 Å². The summed E-state index contributed by atoms with van der Waals surface area (Å²) in [4.78, 5) is 12.3. The highest BCUT2D eigenvalue weighted by Crippen LogP contribution is 2.37. The molecule has 0 aliphatic carbocycles. The molecule has 132 valence electrons. The smallest absolute Gasteiger partial charge is 0.246 e. The number of fused-ring (bicyclic) bond motifs is 1. The summed E-state index contributed by atoms with van der Waals surface area (Å²) in [6, 6.07) is 13.6. The molecule has 1 amide bonds. The van der Waals surface area contributed by atoms with Gasteiger partial charge in [-0.05, 0) is 29.7 Å². The van der Waals surface area contributed by atoms with Crippen LogP contribution in [0.2, 0.25) is 0 Å². The Morgan fingerprint density at radius 1 is 1.16 bits per heavy atom. The summed E-state index contributed by atoms with van der Waals surface area (Å²) >= 11 is 0. The highest BCUT2D eigenvalue weighted by molar-refractivity contribution is 7.89. The van der Waals surface area contributed by atoms with Crippen molar-refractivity contribution < 1.29 is 18.3 Å². The summed E-state index contributed by atoms with van der Waals surface area (Å²) in [6.07, 6.45) is -1.35. The van der Waals surface area contributed by atoms with Gasteiger partial charge in [0.2, 0.25) is 15.9 Å². The van der Waals surface area contributed by atoms with Crippen molar-refractivity contribution in [2.45, 2.75) is 30.9 Å². The number of amides is 1. The van der Waals surface area contributed by atoms with Crippen LogP contribution in [-0.2, 0) is 14.8 Å². The fourth-order valence-corrected chi connectivity index (χ4v) is 4.44. The average molecular weight is 360 g/mol. The minimum Gasteiger partial charge on any atom is -0.373 e. The second kappa shape index (κ2) is 6.59. The predicted octanol–water partition coefficient (Wildman–Crippen LogP) is 2.44. The van der Waals surface area contributed by atoms with Crippen LogP contribution in [0, 0.1) is 0 Å². The minimum atomic E-state index is -3.88. The van der Waals surface area contributed by atoms with Gasteiger partial charge < -0.3 is 10.4 Å². The molecule has 1 aliphatic heterocycles. The number of nitrogens with zero attached hydrogens (tertiary/aromatic N) is 1. The minimum absolute atomic E-state index is 0.0385. The summed E-state index contributed by atoms with van der Waals surface area (Å²) in [5, 5.41) is 12.9. The third kappa shape index (κ3) is 3.30. The van der Waals surface area contributed by atoms with Gasteiger partial charge >= 0.3 is 0 Å². The molecule has 1 unspecified atom stereocenters. The van der Waals surface area contributed by atoms with Crippen LogP contribution in [0.25, 0.3) is 0 Å². The van der Waals surface area contributed by atoms with Crippen LogP contribution in [0.15, 0.2) is 53.4 Å². The molecule has 6 nitrogen and oxygen atoms in total. The number of benzene rings is 2. The van der Waals surface area contributed by atoms with Crippen molar-refractivity contribution in [3.8, 4) is 0 Å². The van der Waals surface area contributed by atoms with Crippen molar-refractivity contribution in [2.24, 2.45) is 0 Å². The van der Waals surface area contributed by atoms with E-state index in [0.29, 0.717) is 11.6 Å². The maximum atomic E-state index is 12.5. The molecule has 0 saturated carbocycles. The Hall–Kier alpha value is -2.22. The molecule has 25 heavy (non-hydrogen) atoms. The molecule has 2 N–H and O–H groups in total. The monoisotopic (exact) mass is 360 g/mol. The Morgan fingerprint density at radius 2 is 1.80 bits per heavy atom. The molecule has 0 aromatic heterocycles. The Balaban J connectivity index is 1.73. The lowest BCUT2D eigenvalue weighted by Gasteiger charge is -2.18. The Morgan fingerprint density at radius 3 is 2.40 bits per heavy atom. The number of aliphatic hydroxyl groups excluding tert-OH is 1. The van der Waals surface area contributed by atoms with Gasteiger partial charge in [0.05, 0.1) is 11.4 Å². The van der Waals surface area contributed by atoms with E-state index < -0.39 is 28.7 Å². The molecule has 1 atom stereocenters. The molecule has 0 radical (unpaired) electrons. The first-order valence-electron chi connectivity index (χ1n) is 7.99. The molecule has 0 saturated heterocycles. The first-order chi connectivity index (χ1) is 11.8. The Kier molecular flexibility index (Phi) is 4.64. The lowest BCUT2D eigenvalue weighted by Crippen LogP contribution is -2.36. The Bertz CT molecular complexity index is 892. The number of anilines is 1. The number of hydrogen-bond acceptors (Lipinski definition) is 4. The molecular weight excluding hydrogens is 340 g/mol. The zero-order valence-corrected chi connectivity index (χ0v) is 14.8. The summed E-state index contributed by atoms with van der Waals surface area (Å²) < 4.78 is 25.8. The van der Waals surface area contributed by atoms with Crippen molar-refractivity contribution in [1.29, 1.82) is 0 Å². The fraction of sp³-hybridized carbons (Fsp3) is 0.278. The second-order valence-electron chi connectivity index (χ2n) is 6.29. The summed E-state index contributed by atoms with van der Waals surface area (Å²) in [5.74, 6) is -0.124. The largest absolute Gasteiger partial charge is 0.373 e. The van der Waals surface area contributed by atoms with Crippen molar-refractivity contribution in [3.63, 3.8) is 0 Å². The van der Waals surface area contributed by atoms with E-state index in [-0.39, 0.29) is 10.5 Å². The molecule has 0 bridgehead atoms. The van der Waals surface area contributed by atoms with Crippen LogP contribution in [-0.4, -0.2) is 30.3 Å². The van der Waals surface area contributed by atoms with Gasteiger partial charge in [0, 0.05) is 11.3 Å². The number of hydrogen-bond donors (Lipinski definition) is 2. The quantitative estimate of drug-likeness (QED) is 0.877. The second-order valence-corrected chi connectivity index (χ2v) is 8.15. The standard InChI is InChI=1S/C18H20N2O4S/c1-12(2)13-7-9-14(10-8-13)19-17(21)11-20-18(22)15-5-3-4-6-16(15)25(20,23)24/h3-10,12,18,22H,11H2,1-2H3,(H,19,21). The van der Waals surface area contributed by atoms with Crippen LogP contribution in [0.1, 0.15) is 37.1 Å². The molecule has 3 rings (SSSR count). The third-order valence-electron chi connectivity index (χ3n) is 4.22. The first-order valence-corrected chi connectivity index (χ1v) is 9.43. The lowest BCUT2D eigenvalue weighted by atomic mass is 10.0. The number of sulfonamides is 1. The predicted molar refractivity (Wildman–Crippen MR) is 94.5 cm³/mol. The molecule has 1 aliphatic rings. The van der Waals surface area contributed by atoms with Crippen molar-refractivity contribution in [1.82, 2.24) is 4.31 Å². The van der Waals surface area contributed by atoms with Gasteiger partial charge in [-0.3, -0.25) is 4.79 Å². The highest BCUT2D eigenvalue weighted by Gasteiger charge is 2.42. The number of aliphatic hydroxyl groups is 1. The number of carbonyl (C=O) groups is 1. The summed E-state index contributed by atoms with van der Waals surface area (Å²) in [7, 11) is -3.88. The zero-order valence-electron chi connectivity index (χ0n) is 14.0. The van der Waals surface area contributed by atoms with Crippen LogP contribution < -0.4 is 5.32 Å². The fourth-order valence-electron chi connectivity index (χ4n) is 2.81. The van der Waals surface area contributed by atoms with Crippen molar-refractivity contribution in [2.75, 3.05) is 11.9 Å². The van der Waals surface area contributed by atoms with Crippen LogP contribution >= 0.6 is 0 Å². The summed E-state index contributed by atoms with van der Waals surface area (Å²) in [6.45, 7) is 3.69. The molecule has 0 spiro atoms. The van der Waals surface area contributed by atoms with E-state index in [2.05, 4.69) is 19.2 Å². The van der Waals surface area contributed by atoms with E-state index >= 15 is 0 Å². The van der Waals surface area contributed by atoms with E-state index in [1.165, 1.54) is 6.07 Å². The summed E-state index contributed by atoms with van der Waals surface area (Å²) in [5.41, 5.74) is 2.01. The van der Waals surface area contributed by atoms with E-state index in [4.69, 9.17) is 0 Å². The average Bonchev–Trinajstić information content (AvgIpc) is 2.77. The number of nitrogens with one attached hydrogen (secondary N) is 1. The van der Waals surface area contributed by atoms with E-state index in [9.17, 15) is 18.3 Å². The van der Waals surface area contributed by atoms with Crippen LogP contribution in [0.3, 0.4) is 0 Å². The lowest BCUT2D eigenvalue weighted by molar-refractivity contribution is -0.117. The van der Waals surface area contributed by atoms with E-state index in [1.54, 1.807) is 30.3 Å². The molecular formula is C18H20N2O4S. The highest BCUT2D eigenvalue weighted by atomic mass is 32.2. The molecule has 7 heteroatoms. The topological polar surface area (TPSA) is 86.7 Å². The van der Waals surface area contributed by atoms with Gasteiger partial charge in [-0.1, -0.05) is 44.2 Å². The molecule has 1 heterocycles. The van der Waals surface area contributed by atoms with Gasteiger partial charge in [0.15, 0.2) is 0 Å². The van der Waals surface area contributed by atoms with Gasteiger partial charge in [-0.15, -0.1) is 0 Å². The molecule has 0 fully saturated rings. The van der Waals surface area contributed by atoms with E-state index in [1.807, 2.05) is 12.1 Å². The maximum absolute atomic E-state index is 12.5. The zero-order chi connectivity index (χ0) is 18.2. The maximum Gasteiger partial charge on any atom is 0.246 e. The van der Waals surface area contributed by atoms with Gasteiger partial charge in [0.1, 0.15) is 6.23 Å². The Labute approximate surface area is 147 Å². The van der Waals surface area contributed by atoms with Gasteiger partial charge in [0.25, 0.3) is 0 Å². The van der Waals surface area contributed by atoms with Crippen molar-refractivity contribution in [3.05, 3.63) is 59.7 Å². The van der Waals surface area contributed by atoms with Crippen molar-refractivity contribution >= 4 is 21.6 Å². The van der Waals surface area contributed by atoms with Gasteiger partial charge in [-0.25, -0.2) is 8.42 Å². The van der Waals surface area contributed by atoms with Crippen LogP contribution in [0.5, 0.6) is 0 Å². The third-order valence-corrected chi connectivity index (χ3v) is 6.09. The molecule has 2 aromatic rings. The van der Waals surface area contributed by atoms with Crippen LogP contribution in [0.4, 0.5) is 5.69 Å². The SMILES string of the molecule is CC(C)c1ccc(NC(=O)CN2C(O)c3ccccc3S2(=O)=O)cc1. The van der Waals surface area contributed by atoms with Gasteiger partial charge in [-0.2, -0.15) is 4.31 Å². The number of carbonyl (C=O) groups excluding carboxylic acids is 1.